The molecular formula is C50H56F4N12O2. The Morgan fingerprint density at radius 1 is 0.544 bits per heavy atom. The molecule has 2 aromatic carbocycles. The van der Waals surface area contributed by atoms with Crippen LogP contribution in [0.25, 0.3) is 0 Å². The van der Waals surface area contributed by atoms with E-state index in [-0.39, 0.29) is 0 Å². The van der Waals surface area contributed by atoms with Gasteiger partial charge in [-0.15, -0.1) is 0 Å². The number of aryl methyl sites for hydroxylation is 4. The number of benzene rings is 2. The van der Waals surface area contributed by atoms with Crippen LogP contribution in [-0.4, -0.2) is 88.9 Å². The second-order valence-electron chi connectivity index (χ2n) is 19.5. The van der Waals surface area contributed by atoms with E-state index in [0.717, 1.165) is 98.7 Å². The van der Waals surface area contributed by atoms with Crippen molar-refractivity contribution in [2.45, 2.75) is 90.5 Å². The van der Waals surface area contributed by atoms with E-state index in [4.69, 9.17) is 29.6 Å². The fraction of sp³-hybridized carbons (Fsp3) is 0.520. The van der Waals surface area contributed by atoms with Crippen molar-refractivity contribution in [1.82, 2.24) is 49.5 Å². The van der Waals surface area contributed by atoms with Crippen LogP contribution < -0.4 is 9.80 Å². The molecule has 0 amide bonds. The summed E-state index contributed by atoms with van der Waals surface area (Å²) in [6.07, 6.45) is 9.92. The summed E-state index contributed by atoms with van der Waals surface area (Å²) < 4.78 is 71.7. The normalized spacial score (nSPS) is 26.4. The molecule has 8 heterocycles. The zero-order valence-corrected chi connectivity index (χ0v) is 38.4. The Labute approximate surface area is 392 Å². The summed E-state index contributed by atoms with van der Waals surface area (Å²) in [7, 11) is 0. The van der Waals surface area contributed by atoms with Gasteiger partial charge < -0.3 is 19.3 Å². The van der Waals surface area contributed by atoms with E-state index >= 15 is 0 Å². The molecule has 6 aliphatic rings. The summed E-state index contributed by atoms with van der Waals surface area (Å²) in [5.41, 5.74) is 2.57. The molecule has 4 fully saturated rings. The van der Waals surface area contributed by atoms with Gasteiger partial charge in [0.15, 0.2) is 23.3 Å². The Morgan fingerprint density at radius 2 is 0.956 bits per heavy atom. The van der Waals surface area contributed by atoms with Crippen LogP contribution in [0.3, 0.4) is 0 Å². The zero-order chi connectivity index (χ0) is 46.5. The topological polar surface area (TPSA) is 138 Å². The van der Waals surface area contributed by atoms with Crippen molar-refractivity contribution in [1.29, 1.82) is 0 Å². The van der Waals surface area contributed by atoms with E-state index in [9.17, 15) is 17.6 Å². The fourth-order valence-corrected chi connectivity index (χ4v) is 11.9. The van der Waals surface area contributed by atoms with Gasteiger partial charge in [-0.3, -0.25) is 0 Å². The molecule has 356 valence electrons. The van der Waals surface area contributed by atoms with Gasteiger partial charge in [-0.05, 0) is 100 Å². The SMILES string of the molecule is Cc1cc(N2C[C@H]3CC[C@@H](C2)C3Cc2nc3n(n2)CCCO[C@@H]3c2ccc(F)cc2F)ncn1.Cc1cc(N2C[C@H]3CC[C@@H](C2)C3Cc2nc3n(n2)CCCO[C@H]3c2ccc(F)cc2F)ncn1. The molecule has 4 aliphatic heterocycles. The minimum absolute atomic E-state index is 0.303. The van der Waals surface area contributed by atoms with Crippen LogP contribution in [0.15, 0.2) is 61.2 Å². The van der Waals surface area contributed by atoms with E-state index in [1.807, 2.05) is 23.2 Å². The third-order valence-corrected chi connectivity index (χ3v) is 15.2. The summed E-state index contributed by atoms with van der Waals surface area (Å²) in [4.78, 5) is 31.9. The number of aromatic nitrogens is 10. The smallest absolute Gasteiger partial charge is 0.161 e. The molecule has 18 heteroatoms. The van der Waals surface area contributed by atoms with Crippen molar-refractivity contribution in [3.05, 3.63) is 130 Å². The molecule has 14 nitrogen and oxygen atoms in total. The summed E-state index contributed by atoms with van der Waals surface area (Å²) in [5.74, 6) is 5.71. The van der Waals surface area contributed by atoms with Gasteiger partial charge in [-0.2, -0.15) is 10.2 Å². The quantitative estimate of drug-likeness (QED) is 0.138. The fourth-order valence-electron chi connectivity index (χ4n) is 11.9. The lowest BCUT2D eigenvalue weighted by atomic mass is 9.82. The number of halogens is 4. The van der Waals surface area contributed by atoms with Crippen molar-refractivity contribution in [3.8, 4) is 0 Å². The highest BCUT2D eigenvalue weighted by molar-refractivity contribution is 5.41. The van der Waals surface area contributed by atoms with Crippen molar-refractivity contribution >= 4 is 11.6 Å². The molecule has 4 bridgehead atoms. The van der Waals surface area contributed by atoms with Gasteiger partial charge in [0.1, 0.15) is 59.8 Å². The molecule has 2 aliphatic carbocycles. The second kappa shape index (κ2) is 18.9. The van der Waals surface area contributed by atoms with Gasteiger partial charge in [0.2, 0.25) is 0 Å². The maximum Gasteiger partial charge on any atom is 0.161 e. The van der Waals surface area contributed by atoms with Crippen LogP contribution in [0.4, 0.5) is 29.2 Å². The van der Waals surface area contributed by atoms with E-state index in [2.05, 4.69) is 41.9 Å². The minimum atomic E-state index is -0.677. The number of nitrogens with zero attached hydrogens (tertiary/aromatic N) is 12. The summed E-state index contributed by atoms with van der Waals surface area (Å²) >= 11 is 0. The molecule has 0 spiro atoms. The highest BCUT2D eigenvalue weighted by atomic mass is 19.1. The van der Waals surface area contributed by atoms with Crippen LogP contribution in [-0.2, 0) is 35.4 Å². The molecule has 8 atom stereocenters. The first-order chi connectivity index (χ1) is 33.1. The third kappa shape index (κ3) is 9.08. The lowest BCUT2D eigenvalue weighted by Gasteiger charge is -2.38. The molecule has 2 saturated heterocycles. The van der Waals surface area contributed by atoms with Crippen LogP contribution in [0.2, 0.25) is 0 Å². The Kier molecular flexibility index (Phi) is 12.4. The Balaban J connectivity index is 0.000000149. The highest BCUT2D eigenvalue weighted by Gasteiger charge is 2.45. The van der Waals surface area contributed by atoms with Gasteiger partial charge in [-0.1, -0.05) is 12.1 Å². The van der Waals surface area contributed by atoms with Crippen molar-refractivity contribution in [2.24, 2.45) is 35.5 Å². The molecule has 2 saturated carbocycles. The largest absolute Gasteiger partial charge is 0.365 e. The molecule has 0 radical (unpaired) electrons. The zero-order valence-electron chi connectivity index (χ0n) is 38.4. The first-order valence-electron chi connectivity index (χ1n) is 24.2. The number of hydrogen-bond acceptors (Lipinski definition) is 12. The average molecular weight is 933 g/mol. The number of ether oxygens (including phenoxy) is 2. The first-order valence-corrected chi connectivity index (χ1v) is 24.2. The van der Waals surface area contributed by atoms with E-state index < -0.39 is 35.5 Å². The van der Waals surface area contributed by atoms with E-state index in [1.165, 1.54) is 49.9 Å². The monoisotopic (exact) mass is 932 g/mol. The lowest BCUT2D eigenvalue weighted by molar-refractivity contribution is 0.0784. The molecule has 0 N–H and O–H groups in total. The average Bonchev–Trinajstić information content (AvgIpc) is 3.93. The molecular weight excluding hydrogens is 877 g/mol. The Bertz CT molecular complexity index is 2560. The number of fused-ring (bicyclic) bond motifs is 6. The van der Waals surface area contributed by atoms with Gasteiger partial charge in [0.05, 0.1) is 0 Å². The molecule has 68 heavy (non-hydrogen) atoms. The number of anilines is 2. The second-order valence-corrected chi connectivity index (χ2v) is 19.5. The molecule has 2 unspecified atom stereocenters. The Morgan fingerprint density at radius 3 is 1.34 bits per heavy atom. The molecule has 4 aromatic heterocycles. The predicted molar refractivity (Wildman–Crippen MR) is 242 cm³/mol. The molecule has 6 aromatic rings. The van der Waals surface area contributed by atoms with Crippen molar-refractivity contribution < 1.29 is 27.0 Å². The highest BCUT2D eigenvalue weighted by Crippen LogP contribution is 2.46. The summed E-state index contributed by atoms with van der Waals surface area (Å²) in [6, 6.07) is 11.3. The number of piperidine rings is 2. The van der Waals surface area contributed by atoms with Crippen molar-refractivity contribution in [3.63, 3.8) is 0 Å². The van der Waals surface area contributed by atoms with Gasteiger partial charge in [0, 0.05) is 112 Å². The first kappa shape index (κ1) is 44.6. The maximum absolute atomic E-state index is 14.6. The summed E-state index contributed by atoms with van der Waals surface area (Å²) in [6.45, 7) is 10.2. The standard InChI is InChI=1S/2C25H28F2N6O/c2*1-15-9-23(29-14-28-15)32-12-16-3-4-17(13-32)20(16)11-22-30-25-24(34-8-2-7-33(25)31-22)19-6-5-18(26)10-21(19)27/h2*5-6,9-10,14,16-17,20,24H,2-4,7-8,11-13H2,1H3/t2*16-,17+,20?,24-/m10/s1. The van der Waals surface area contributed by atoms with Gasteiger partial charge in [-0.25, -0.2) is 56.8 Å². The van der Waals surface area contributed by atoms with E-state index in [1.54, 1.807) is 12.7 Å². The number of rotatable bonds is 8. The summed E-state index contributed by atoms with van der Waals surface area (Å²) in [5, 5.41) is 9.62. The van der Waals surface area contributed by atoms with Crippen LogP contribution >= 0.6 is 0 Å². The van der Waals surface area contributed by atoms with Crippen LogP contribution in [0.1, 0.15) is 96.5 Å². The van der Waals surface area contributed by atoms with Crippen LogP contribution in [0.5, 0.6) is 0 Å². The lowest BCUT2D eigenvalue weighted by Crippen LogP contribution is -2.43. The van der Waals surface area contributed by atoms with E-state index in [0.29, 0.717) is 84.6 Å². The molecule has 12 rings (SSSR count). The predicted octanol–water partition coefficient (Wildman–Crippen LogP) is 7.74. The van der Waals surface area contributed by atoms with Crippen LogP contribution in [0, 0.1) is 72.6 Å². The maximum atomic E-state index is 14.6. The minimum Gasteiger partial charge on any atom is -0.365 e. The Hall–Kier alpha value is -5.88. The van der Waals surface area contributed by atoms with Crippen molar-refractivity contribution in [2.75, 3.05) is 49.2 Å². The third-order valence-electron chi connectivity index (χ3n) is 15.2. The number of hydrogen-bond donors (Lipinski definition) is 0. The van der Waals surface area contributed by atoms with Gasteiger partial charge >= 0.3 is 0 Å². The van der Waals surface area contributed by atoms with Gasteiger partial charge in [0.25, 0.3) is 0 Å².